The van der Waals surface area contributed by atoms with Crippen molar-refractivity contribution in [2.75, 3.05) is 12.3 Å². The summed E-state index contributed by atoms with van der Waals surface area (Å²) >= 11 is 0. The van der Waals surface area contributed by atoms with Crippen LogP contribution in [0.15, 0.2) is 24.3 Å². The summed E-state index contributed by atoms with van der Waals surface area (Å²) in [6.45, 7) is 4.55. The van der Waals surface area contributed by atoms with Crippen LogP contribution in [0.4, 0.5) is 0 Å². The van der Waals surface area contributed by atoms with E-state index in [9.17, 15) is 0 Å². The van der Waals surface area contributed by atoms with Crippen LogP contribution in [0.1, 0.15) is 63.5 Å². The van der Waals surface area contributed by atoms with E-state index >= 15 is 0 Å². The van der Waals surface area contributed by atoms with E-state index in [1.807, 2.05) is 0 Å². The topological polar surface area (TPSA) is 0 Å². The minimum atomic E-state index is 1.18. The number of hydrogen-bond donors (Lipinski definition) is 0. The first-order chi connectivity index (χ1) is 9.38. The van der Waals surface area contributed by atoms with Gasteiger partial charge in [-0.25, -0.2) is 0 Å². The second-order valence-corrected chi connectivity index (χ2v) is 6.89. The fourth-order valence-electron chi connectivity index (χ4n) is 2.51. The number of aryl methyl sites for hydroxylation is 2. The van der Waals surface area contributed by atoms with Gasteiger partial charge in [0.25, 0.3) is 0 Å². The van der Waals surface area contributed by atoms with Gasteiger partial charge in [0.2, 0.25) is 0 Å². The largest absolute Gasteiger partial charge is 0.122 e. The van der Waals surface area contributed by atoms with Gasteiger partial charge in [0, 0.05) is 0 Å². The molecular weight excluding hydrogens is 247 g/mol. The van der Waals surface area contributed by atoms with E-state index in [1.165, 1.54) is 72.3 Å². The van der Waals surface area contributed by atoms with Gasteiger partial charge in [-0.15, -0.1) is 8.58 Å². The van der Waals surface area contributed by atoms with Gasteiger partial charge in [-0.3, -0.25) is 0 Å². The lowest BCUT2D eigenvalue weighted by atomic mass is 10.0. The van der Waals surface area contributed by atoms with Crippen LogP contribution in [0, 0.1) is 0 Å². The van der Waals surface area contributed by atoms with Crippen molar-refractivity contribution < 1.29 is 0 Å². The predicted molar refractivity (Wildman–Crippen MR) is 90.9 cm³/mol. The Kier molecular flexibility index (Phi) is 10.1. The van der Waals surface area contributed by atoms with Gasteiger partial charge in [0.1, 0.15) is 0 Å². The molecule has 0 aliphatic rings. The number of rotatable bonds is 11. The molecule has 1 aromatic carbocycles. The molecule has 0 spiro atoms. The van der Waals surface area contributed by atoms with Crippen molar-refractivity contribution in [1.82, 2.24) is 0 Å². The van der Waals surface area contributed by atoms with Crippen molar-refractivity contribution in [3.05, 3.63) is 35.4 Å². The molecule has 0 aromatic heterocycles. The summed E-state index contributed by atoms with van der Waals surface area (Å²) in [5.41, 5.74) is 3.13. The lowest BCUT2D eigenvalue weighted by Gasteiger charge is -2.07. The lowest BCUT2D eigenvalue weighted by Crippen LogP contribution is -1.93. The summed E-state index contributed by atoms with van der Waals surface area (Å²) in [6, 6.07) is 8.95. The fourth-order valence-corrected chi connectivity index (χ4v) is 3.76. The molecule has 19 heavy (non-hydrogen) atoms. The van der Waals surface area contributed by atoms with Crippen LogP contribution in [-0.4, -0.2) is 12.3 Å². The first kappa shape index (κ1) is 16.7. The van der Waals surface area contributed by atoms with Gasteiger partial charge in [0.05, 0.1) is 0 Å². The average Bonchev–Trinajstić information content (AvgIpc) is 2.46. The maximum atomic E-state index is 2.31. The summed E-state index contributed by atoms with van der Waals surface area (Å²) in [7, 11) is 1.21. The molecule has 0 amide bonds. The number of hydrogen-bond acceptors (Lipinski definition) is 0. The van der Waals surface area contributed by atoms with Gasteiger partial charge < -0.3 is 0 Å². The molecule has 0 fully saturated rings. The Bertz CT molecular complexity index is 319. The molecule has 1 rings (SSSR count). The molecule has 0 saturated heterocycles. The molecule has 0 nitrogen and oxygen atoms in total. The first-order valence-corrected chi connectivity index (χ1v) is 9.57. The zero-order valence-electron chi connectivity index (χ0n) is 12.9. The van der Waals surface area contributed by atoms with E-state index in [2.05, 4.69) is 38.1 Å². The van der Waals surface area contributed by atoms with E-state index in [0.29, 0.717) is 0 Å². The van der Waals surface area contributed by atoms with Crippen molar-refractivity contribution >= 4 is 8.58 Å². The minimum absolute atomic E-state index is 1.18. The van der Waals surface area contributed by atoms with Crippen LogP contribution in [-0.2, 0) is 12.8 Å². The fraction of sp³-hybridized carbons (Fsp3) is 0.667. The molecule has 1 heteroatoms. The third-order valence-corrected chi connectivity index (χ3v) is 5.17. The van der Waals surface area contributed by atoms with E-state index in [4.69, 9.17) is 0 Å². The van der Waals surface area contributed by atoms with Gasteiger partial charge in [-0.1, -0.05) is 57.4 Å². The van der Waals surface area contributed by atoms with Crippen LogP contribution in [0.25, 0.3) is 0 Å². The SMILES string of the molecule is CCCCCCPCCCCc1ccccc1CC. The van der Waals surface area contributed by atoms with Gasteiger partial charge in [0.15, 0.2) is 0 Å². The van der Waals surface area contributed by atoms with Gasteiger partial charge >= 0.3 is 0 Å². The first-order valence-electron chi connectivity index (χ1n) is 8.16. The predicted octanol–water partition coefficient (Wildman–Crippen LogP) is 5.83. The number of benzene rings is 1. The smallest absolute Gasteiger partial charge is 0.0276 e. The van der Waals surface area contributed by atoms with Crippen LogP contribution < -0.4 is 0 Å². The third-order valence-electron chi connectivity index (χ3n) is 3.76. The Labute approximate surface area is 122 Å². The summed E-state index contributed by atoms with van der Waals surface area (Å²) < 4.78 is 0. The molecule has 0 aliphatic carbocycles. The van der Waals surface area contributed by atoms with Crippen molar-refractivity contribution in [1.29, 1.82) is 0 Å². The summed E-state index contributed by atoms with van der Waals surface area (Å²) in [5.74, 6) is 0. The highest BCUT2D eigenvalue weighted by atomic mass is 31.1. The summed E-state index contributed by atoms with van der Waals surface area (Å²) in [5, 5.41) is 0. The molecule has 0 radical (unpaired) electrons. The zero-order valence-corrected chi connectivity index (χ0v) is 13.9. The van der Waals surface area contributed by atoms with Crippen molar-refractivity contribution in [3.8, 4) is 0 Å². The standard InChI is InChI=1S/C18H31P/c1-3-5-6-10-15-19-16-11-9-14-18-13-8-7-12-17(18)4-2/h7-8,12-13,19H,3-6,9-11,14-16H2,1-2H3. The van der Waals surface area contributed by atoms with E-state index in [-0.39, 0.29) is 0 Å². The maximum Gasteiger partial charge on any atom is -0.0276 e. The molecule has 1 unspecified atom stereocenters. The monoisotopic (exact) mass is 278 g/mol. The molecule has 1 aromatic rings. The molecule has 0 saturated carbocycles. The van der Waals surface area contributed by atoms with Crippen molar-refractivity contribution in [3.63, 3.8) is 0 Å². The average molecular weight is 278 g/mol. The highest BCUT2D eigenvalue weighted by Gasteiger charge is 1.99. The van der Waals surface area contributed by atoms with Gasteiger partial charge in [-0.05, 0) is 55.6 Å². The van der Waals surface area contributed by atoms with Crippen molar-refractivity contribution in [2.45, 2.75) is 65.2 Å². The maximum absolute atomic E-state index is 2.31. The molecule has 0 N–H and O–H groups in total. The Balaban J connectivity index is 2.01. The quantitative estimate of drug-likeness (QED) is 0.353. The van der Waals surface area contributed by atoms with Crippen LogP contribution >= 0.6 is 8.58 Å². The lowest BCUT2D eigenvalue weighted by molar-refractivity contribution is 0.705. The van der Waals surface area contributed by atoms with Gasteiger partial charge in [-0.2, -0.15) is 0 Å². The van der Waals surface area contributed by atoms with Crippen LogP contribution in [0.5, 0.6) is 0 Å². The Hall–Kier alpha value is -0.350. The zero-order chi connectivity index (χ0) is 13.8. The van der Waals surface area contributed by atoms with Crippen LogP contribution in [0.3, 0.4) is 0 Å². The Morgan fingerprint density at radius 1 is 0.789 bits per heavy atom. The molecule has 0 aliphatic heterocycles. The summed E-state index contributed by atoms with van der Waals surface area (Å²) in [6.07, 6.45) is 13.9. The molecular formula is C18H31P. The van der Waals surface area contributed by atoms with E-state index in [0.717, 1.165) is 0 Å². The van der Waals surface area contributed by atoms with E-state index in [1.54, 1.807) is 11.1 Å². The highest BCUT2D eigenvalue weighted by molar-refractivity contribution is 7.37. The summed E-state index contributed by atoms with van der Waals surface area (Å²) in [4.78, 5) is 0. The molecule has 0 heterocycles. The Morgan fingerprint density at radius 3 is 2.16 bits per heavy atom. The third kappa shape index (κ3) is 7.73. The van der Waals surface area contributed by atoms with Crippen molar-refractivity contribution in [2.24, 2.45) is 0 Å². The van der Waals surface area contributed by atoms with E-state index < -0.39 is 0 Å². The highest BCUT2D eigenvalue weighted by Crippen LogP contribution is 2.18. The molecule has 1 atom stereocenters. The normalized spacial score (nSPS) is 11.5. The Morgan fingerprint density at radius 2 is 1.47 bits per heavy atom. The van der Waals surface area contributed by atoms with Crippen LogP contribution in [0.2, 0.25) is 0 Å². The second kappa shape index (κ2) is 11.5. The number of unbranched alkanes of at least 4 members (excludes halogenated alkanes) is 4. The second-order valence-electron chi connectivity index (χ2n) is 5.39. The minimum Gasteiger partial charge on any atom is -0.122 e. The molecule has 108 valence electrons. The molecule has 0 bridgehead atoms.